The summed E-state index contributed by atoms with van der Waals surface area (Å²) in [6, 6.07) is 40.9. The minimum Gasteiger partial charge on any atom is -0.505 e. The van der Waals surface area contributed by atoms with Gasteiger partial charge in [0.2, 0.25) is 0 Å². The van der Waals surface area contributed by atoms with Gasteiger partial charge in [-0.2, -0.15) is 0 Å². The monoisotopic (exact) mass is 740 g/mol. The Labute approximate surface area is 302 Å². The predicted octanol–water partition coefficient (Wildman–Crippen LogP) is 10.2. The van der Waals surface area contributed by atoms with Crippen molar-refractivity contribution in [3.63, 3.8) is 0 Å². The molecule has 0 aromatic heterocycles. The van der Waals surface area contributed by atoms with E-state index in [1.54, 1.807) is 0 Å². The Bertz CT molecular complexity index is 1750. The molecular weight excluding hydrogens is 700 g/mol. The molecule has 1 unspecified atom stereocenters. The van der Waals surface area contributed by atoms with Gasteiger partial charge >= 0.3 is 0 Å². The molecule has 5 aromatic rings. The molecule has 0 amide bonds. The molecule has 254 valence electrons. The molecule has 6 rings (SSSR count). The van der Waals surface area contributed by atoms with Crippen molar-refractivity contribution in [1.29, 1.82) is 0 Å². The highest BCUT2D eigenvalue weighted by molar-refractivity contribution is 9.10. The summed E-state index contributed by atoms with van der Waals surface area (Å²) in [5.41, 5.74) is 7.14. The van der Waals surface area contributed by atoms with Gasteiger partial charge in [-0.3, -0.25) is 0 Å². The van der Waals surface area contributed by atoms with Crippen LogP contribution in [0.1, 0.15) is 58.4 Å². The minimum atomic E-state index is -0.595. The molecule has 4 atom stereocenters. The summed E-state index contributed by atoms with van der Waals surface area (Å²) >= 11 is 10.5. The predicted molar refractivity (Wildman–Crippen MR) is 198 cm³/mol. The topological polar surface area (TPSA) is 57.2 Å². The summed E-state index contributed by atoms with van der Waals surface area (Å²) in [5, 5.41) is 11.7. The number of hydrogen-bond acceptors (Lipinski definition) is 5. The van der Waals surface area contributed by atoms with Gasteiger partial charge < -0.3 is 24.1 Å². The van der Waals surface area contributed by atoms with Crippen LogP contribution in [0.3, 0.4) is 0 Å². The first-order valence-electron chi connectivity index (χ1n) is 16.8. The SMILES string of the molecule is CCc1ccc(Cc2cc(C3O[C@H](COCc4ccccc4)C[C@H](OCc4ccccc4)[C@H]3OCc3ccccc3)c(Br)c(O)c2Cl)cc1. The number of ether oxygens (including phenoxy) is 4. The summed E-state index contributed by atoms with van der Waals surface area (Å²) in [6.07, 6.45) is 0.382. The van der Waals surface area contributed by atoms with Gasteiger partial charge in [0.05, 0.1) is 48.1 Å². The van der Waals surface area contributed by atoms with Gasteiger partial charge in [-0.25, -0.2) is 0 Å². The van der Waals surface area contributed by atoms with Crippen LogP contribution >= 0.6 is 27.5 Å². The fraction of sp³-hybridized carbons (Fsp3) is 0.286. The number of rotatable bonds is 14. The van der Waals surface area contributed by atoms with Crippen molar-refractivity contribution in [3.8, 4) is 5.75 Å². The molecule has 0 radical (unpaired) electrons. The smallest absolute Gasteiger partial charge is 0.149 e. The van der Waals surface area contributed by atoms with Gasteiger partial charge in [-0.05, 0) is 68.2 Å². The number of halogens is 2. The number of phenolic OH excluding ortho intramolecular Hbond substituents is 1. The van der Waals surface area contributed by atoms with Crippen LogP contribution in [0.15, 0.2) is 126 Å². The van der Waals surface area contributed by atoms with E-state index in [0.717, 1.165) is 39.8 Å². The van der Waals surface area contributed by atoms with Crippen molar-refractivity contribution in [2.45, 2.75) is 70.4 Å². The van der Waals surface area contributed by atoms with Crippen molar-refractivity contribution in [2.24, 2.45) is 0 Å². The molecule has 49 heavy (non-hydrogen) atoms. The van der Waals surface area contributed by atoms with E-state index in [-0.39, 0.29) is 18.0 Å². The van der Waals surface area contributed by atoms with Crippen molar-refractivity contribution in [2.75, 3.05) is 6.61 Å². The average molecular weight is 742 g/mol. The van der Waals surface area contributed by atoms with Crippen LogP contribution in [0.25, 0.3) is 0 Å². The normalized spacial score (nSPS) is 19.2. The second kappa shape index (κ2) is 17.4. The van der Waals surface area contributed by atoms with Crippen LogP contribution in [-0.4, -0.2) is 30.0 Å². The van der Waals surface area contributed by atoms with Crippen LogP contribution in [0.4, 0.5) is 0 Å². The van der Waals surface area contributed by atoms with Crippen LogP contribution < -0.4 is 0 Å². The summed E-state index contributed by atoms with van der Waals surface area (Å²) in [5.74, 6) is -0.0195. The minimum absolute atomic E-state index is 0.0195. The molecule has 1 aliphatic rings. The lowest BCUT2D eigenvalue weighted by atomic mass is 9.90. The zero-order chi connectivity index (χ0) is 34.0. The summed E-state index contributed by atoms with van der Waals surface area (Å²) < 4.78 is 27.0. The molecule has 7 heteroatoms. The molecule has 1 aliphatic heterocycles. The van der Waals surface area contributed by atoms with E-state index in [9.17, 15) is 5.11 Å². The van der Waals surface area contributed by atoms with E-state index < -0.39 is 12.2 Å². The quantitative estimate of drug-likeness (QED) is 0.123. The third-order valence-corrected chi connectivity index (χ3v) is 10.2. The lowest BCUT2D eigenvalue weighted by molar-refractivity contribution is -0.219. The van der Waals surface area contributed by atoms with Gasteiger partial charge in [0.15, 0.2) is 0 Å². The van der Waals surface area contributed by atoms with Gasteiger partial charge in [0, 0.05) is 12.0 Å². The summed E-state index contributed by atoms with van der Waals surface area (Å²) in [4.78, 5) is 0. The lowest BCUT2D eigenvalue weighted by Crippen LogP contribution is -2.47. The molecule has 1 N–H and O–H groups in total. The van der Waals surface area contributed by atoms with E-state index in [4.69, 9.17) is 30.5 Å². The molecule has 5 aromatic carbocycles. The fourth-order valence-corrected chi connectivity index (χ4v) is 7.09. The molecule has 0 spiro atoms. The number of hydrogen-bond donors (Lipinski definition) is 1. The maximum atomic E-state index is 11.4. The molecular formula is C42H42BrClO5. The first-order chi connectivity index (χ1) is 24.0. The fourth-order valence-electron chi connectivity index (χ4n) is 6.22. The molecule has 1 heterocycles. The number of phenols is 1. The van der Waals surface area contributed by atoms with Crippen molar-refractivity contribution < 1.29 is 24.1 Å². The van der Waals surface area contributed by atoms with Crippen molar-refractivity contribution in [1.82, 2.24) is 0 Å². The van der Waals surface area contributed by atoms with Crippen LogP contribution in [0, 0.1) is 0 Å². The maximum absolute atomic E-state index is 11.4. The van der Waals surface area contributed by atoms with E-state index in [0.29, 0.717) is 48.8 Å². The number of benzene rings is 5. The maximum Gasteiger partial charge on any atom is 0.149 e. The molecule has 1 saturated heterocycles. The van der Waals surface area contributed by atoms with Gasteiger partial charge in [0.1, 0.15) is 18.0 Å². The van der Waals surface area contributed by atoms with E-state index in [2.05, 4.69) is 71.4 Å². The lowest BCUT2D eigenvalue weighted by Gasteiger charge is -2.42. The molecule has 1 fully saturated rings. The molecule has 0 aliphatic carbocycles. The Hall–Kier alpha value is -3.49. The number of aryl methyl sites for hydroxylation is 1. The average Bonchev–Trinajstić information content (AvgIpc) is 3.15. The highest BCUT2D eigenvalue weighted by atomic mass is 79.9. The second-order valence-corrected chi connectivity index (χ2v) is 13.6. The first-order valence-corrected chi connectivity index (χ1v) is 18.0. The van der Waals surface area contributed by atoms with Gasteiger partial charge in [-0.1, -0.05) is 134 Å². The Balaban J connectivity index is 1.33. The van der Waals surface area contributed by atoms with E-state index >= 15 is 0 Å². The van der Waals surface area contributed by atoms with E-state index in [1.165, 1.54) is 5.56 Å². The highest BCUT2D eigenvalue weighted by Gasteiger charge is 2.43. The van der Waals surface area contributed by atoms with Crippen LogP contribution in [0.2, 0.25) is 5.02 Å². The molecule has 0 saturated carbocycles. The number of aromatic hydroxyl groups is 1. The molecule has 0 bridgehead atoms. The van der Waals surface area contributed by atoms with Crippen molar-refractivity contribution in [3.05, 3.63) is 170 Å². The largest absolute Gasteiger partial charge is 0.505 e. The zero-order valence-electron chi connectivity index (χ0n) is 27.6. The van der Waals surface area contributed by atoms with E-state index in [1.807, 2.05) is 72.8 Å². The third kappa shape index (κ3) is 9.40. The second-order valence-electron chi connectivity index (χ2n) is 12.5. The van der Waals surface area contributed by atoms with Gasteiger partial charge in [-0.15, -0.1) is 0 Å². The van der Waals surface area contributed by atoms with Crippen LogP contribution in [0.5, 0.6) is 5.75 Å². The molecule has 5 nitrogen and oxygen atoms in total. The third-order valence-electron chi connectivity index (χ3n) is 8.92. The first kappa shape index (κ1) is 35.3. The Kier molecular flexibility index (Phi) is 12.6. The van der Waals surface area contributed by atoms with Crippen LogP contribution in [-0.2, 0) is 51.6 Å². The highest BCUT2D eigenvalue weighted by Crippen LogP contribution is 2.46. The zero-order valence-corrected chi connectivity index (χ0v) is 30.0. The van der Waals surface area contributed by atoms with Crippen molar-refractivity contribution >= 4 is 27.5 Å². The van der Waals surface area contributed by atoms with Gasteiger partial charge in [0.25, 0.3) is 0 Å². The standard InChI is InChI=1S/C42H42BrClO5/c1-2-29-18-20-30(21-19-29)22-34-23-36(38(43)40(45)39(34)44)41-42(48-27-33-16-10-5-11-17-33)37(47-26-32-14-8-4-9-15-32)24-35(49-41)28-46-25-31-12-6-3-7-13-31/h3-21,23,35,37,41-42,45H,2,22,24-28H2,1H3/t35-,37-,41?,42+/m0/s1. The Morgan fingerprint density at radius 1 is 0.735 bits per heavy atom. The summed E-state index contributed by atoms with van der Waals surface area (Å²) in [7, 11) is 0. The Morgan fingerprint density at radius 3 is 1.88 bits per heavy atom. The Morgan fingerprint density at radius 2 is 1.29 bits per heavy atom. The summed E-state index contributed by atoms with van der Waals surface area (Å²) in [6.45, 7) is 3.78.